The van der Waals surface area contributed by atoms with Crippen molar-refractivity contribution in [1.29, 1.82) is 0 Å². The van der Waals surface area contributed by atoms with Gasteiger partial charge in [0.2, 0.25) is 0 Å². The highest BCUT2D eigenvalue weighted by Crippen LogP contribution is 2.58. The van der Waals surface area contributed by atoms with Gasteiger partial charge in [0.25, 0.3) is 5.91 Å². The first-order valence-electron chi connectivity index (χ1n) is 12.7. The molecule has 7 heteroatoms. The fraction of sp³-hybridized carbons (Fsp3) is 0.0938. The number of aromatic amines is 1. The Hall–Kier alpha value is -4.54. The van der Waals surface area contributed by atoms with Crippen LogP contribution in [0.2, 0.25) is 0 Å². The molecule has 5 rings (SSSR count). The predicted octanol–water partition coefficient (Wildman–Crippen LogP) is 4.33. The van der Waals surface area contributed by atoms with Crippen LogP contribution in [-0.2, 0) is 17.4 Å². The van der Waals surface area contributed by atoms with Crippen LogP contribution < -0.4 is 21.2 Å². The molecule has 0 bridgehead atoms. The Morgan fingerprint density at radius 2 is 1.28 bits per heavy atom. The standard InChI is InChI=1S/C32H28N3O3P/c36-31(35-30(32(37)38)20-26-21-33-23-34-26)25-18-16-24(17-19-25)22-39(27-10-4-1-5-11-27,28-12-6-2-7-13-28)29-14-8-3-9-15-29/h1-19,21,23,30H,20,22H2,(H2-,33,34,35,36,37,38)/p+1. The van der Waals surface area contributed by atoms with E-state index in [0.29, 0.717) is 11.3 Å². The van der Waals surface area contributed by atoms with E-state index in [9.17, 15) is 14.7 Å². The molecule has 1 unspecified atom stereocenters. The van der Waals surface area contributed by atoms with E-state index < -0.39 is 25.2 Å². The number of rotatable bonds is 10. The summed E-state index contributed by atoms with van der Waals surface area (Å²) in [4.78, 5) is 31.5. The van der Waals surface area contributed by atoms with Gasteiger partial charge >= 0.3 is 5.97 Å². The van der Waals surface area contributed by atoms with Crippen molar-refractivity contribution in [3.05, 3.63) is 145 Å². The summed E-state index contributed by atoms with van der Waals surface area (Å²) >= 11 is 0. The lowest BCUT2D eigenvalue weighted by molar-refractivity contribution is -0.139. The van der Waals surface area contributed by atoms with Crippen LogP contribution in [-0.4, -0.2) is 33.0 Å². The second kappa shape index (κ2) is 11.9. The van der Waals surface area contributed by atoms with E-state index in [1.165, 1.54) is 22.2 Å². The molecule has 0 fully saturated rings. The van der Waals surface area contributed by atoms with Crippen LogP contribution in [0.15, 0.2) is 128 Å². The summed E-state index contributed by atoms with van der Waals surface area (Å²) in [6.07, 6.45) is 3.94. The fourth-order valence-corrected chi connectivity index (χ4v) is 9.11. The van der Waals surface area contributed by atoms with Gasteiger partial charge in [0.1, 0.15) is 29.2 Å². The van der Waals surface area contributed by atoms with Gasteiger partial charge < -0.3 is 15.4 Å². The number of benzene rings is 4. The van der Waals surface area contributed by atoms with Crippen LogP contribution in [0.25, 0.3) is 0 Å². The summed E-state index contributed by atoms with van der Waals surface area (Å²) in [6.45, 7) is 0. The Kier molecular flexibility index (Phi) is 7.95. The van der Waals surface area contributed by atoms with Crippen molar-refractivity contribution in [1.82, 2.24) is 15.3 Å². The Labute approximate surface area is 228 Å². The van der Waals surface area contributed by atoms with Gasteiger partial charge in [-0.1, -0.05) is 66.7 Å². The molecular weight excluding hydrogens is 505 g/mol. The van der Waals surface area contributed by atoms with Crippen molar-refractivity contribution in [3.8, 4) is 0 Å². The average Bonchev–Trinajstić information content (AvgIpc) is 3.50. The van der Waals surface area contributed by atoms with Crippen LogP contribution in [0.5, 0.6) is 0 Å². The van der Waals surface area contributed by atoms with Gasteiger partial charge in [0.05, 0.1) is 12.5 Å². The number of imidazole rings is 1. The van der Waals surface area contributed by atoms with Gasteiger partial charge in [0, 0.05) is 23.9 Å². The van der Waals surface area contributed by atoms with Gasteiger partial charge in [-0.15, -0.1) is 0 Å². The number of amides is 1. The van der Waals surface area contributed by atoms with E-state index in [4.69, 9.17) is 0 Å². The normalized spacial score (nSPS) is 12.0. The largest absolute Gasteiger partial charge is 0.480 e. The monoisotopic (exact) mass is 534 g/mol. The first-order chi connectivity index (χ1) is 19.1. The van der Waals surface area contributed by atoms with Crippen molar-refractivity contribution in [2.45, 2.75) is 18.6 Å². The zero-order valence-electron chi connectivity index (χ0n) is 21.3. The fourth-order valence-electron chi connectivity index (χ4n) is 4.86. The predicted molar refractivity (Wildman–Crippen MR) is 156 cm³/mol. The maximum Gasteiger partial charge on any atom is 0.326 e. The highest BCUT2D eigenvalue weighted by molar-refractivity contribution is 7.95. The van der Waals surface area contributed by atoms with Crippen molar-refractivity contribution in [2.75, 3.05) is 0 Å². The molecule has 0 aliphatic carbocycles. The second-order valence-electron chi connectivity index (χ2n) is 9.32. The maximum atomic E-state index is 13.0. The number of carbonyl (C=O) groups is 2. The SMILES string of the molecule is O=C(NC(Cc1cnc[nH]1)C(=O)O)c1ccc(C[P+](c2ccccc2)(c2ccccc2)c2ccccc2)cc1. The molecule has 0 saturated heterocycles. The number of carboxylic acid groups (broad SMARTS) is 1. The quantitative estimate of drug-likeness (QED) is 0.233. The first kappa shape index (κ1) is 26.1. The molecule has 194 valence electrons. The highest BCUT2D eigenvalue weighted by Gasteiger charge is 2.45. The summed E-state index contributed by atoms with van der Waals surface area (Å²) in [5, 5.41) is 16.1. The number of aliphatic carboxylic acids is 1. The summed E-state index contributed by atoms with van der Waals surface area (Å²) in [6, 6.07) is 38.3. The Balaban J connectivity index is 1.46. The molecule has 1 atom stereocenters. The Bertz CT molecular complexity index is 1410. The van der Waals surface area contributed by atoms with Crippen LogP contribution in [0.3, 0.4) is 0 Å². The Morgan fingerprint density at radius 1 is 0.769 bits per heavy atom. The summed E-state index contributed by atoms with van der Waals surface area (Å²) in [5.41, 5.74) is 2.16. The topological polar surface area (TPSA) is 95.1 Å². The number of hydrogen-bond donors (Lipinski definition) is 3. The molecule has 3 N–H and O–H groups in total. The lowest BCUT2D eigenvalue weighted by atomic mass is 10.1. The van der Waals surface area contributed by atoms with Crippen molar-refractivity contribution in [2.24, 2.45) is 0 Å². The third-order valence-corrected chi connectivity index (χ3v) is 11.2. The number of aromatic nitrogens is 2. The van der Waals surface area contributed by atoms with E-state index in [2.05, 4.69) is 88.1 Å². The molecule has 0 aliphatic rings. The first-order valence-corrected chi connectivity index (χ1v) is 14.7. The van der Waals surface area contributed by atoms with Crippen LogP contribution in [0, 0.1) is 0 Å². The molecule has 0 spiro atoms. The molecule has 5 aromatic rings. The van der Waals surface area contributed by atoms with Crippen LogP contribution >= 0.6 is 7.26 Å². The average molecular weight is 535 g/mol. The van der Waals surface area contributed by atoms with Gasteiger partial charge in [0.15, 0.2) is 0 Å². The molecule has 1 amide bonds. The molecule has 6 nitrogen and oxygen atoms in total. The van der Waals surface area contributed by atoms with Crippen LogP contribution in [0.1, 0.15) is 21.6 Å². The second-order valence-corrected chi connectivity index (χ2v) is 12.8. The number of carbonyl (C=O) groups excluding carboxylic acids is 1. The molecule has 1 aromatic heterocycles. The number of nitrogens with one attached hydrogen (secondary N) is 2. The summed E-state index contributed by atoms with van der Waals surface area (Å²) in [7, 11) is -2.07. The summed E-state index contributed by atoms with van der Waals surface area (Å²) in [5.74, 6) is -1.53. The van der Waals surface area contributed by atoms with Gasteiger partial charge in [-0.05, 0) is 54.1 Å². The van der Waals surface area contributed by atoms with Crippen molar-refractivity contribution >= 4 is 35.1 Å². The van der Waals surface area contributed by atoms with E-state index in [-0.39, 0.29) is 6.42 Å². The molecule has 0 saturated carbocycles. The van der Waals surface area contributed by atoms with Crippen molar-refractivity contribution in [3.63, 3.8) is 0 Å². The van der Waals surface area contributed by atoms with E-state index in [1.54, 1.807) is 18.3 Å². The highest BCUT2D eigenvalue weighted by atomic mass is 31.2. The van der Waals surface area contributed by atoms with E-state index in [0.717, 1.165) is 11.7 Å². The lowest BCUT2D eigenvalue weighted by Gasteiger charge is -2.28. The molecule has 1 heterocycles. The molecule has 0 aliphatic heterocycles. The van der Waals surface area contributed by atoms with E-state index in [1.807, 2.05) is 30.3 Å². The minimum Gasteiger partial charge on any atom is -0.480 e. The van der Waals surface area contributed by atoms with Crippen molar-refractivity contribution < 1.29 is 14.7 Å². The molecule has 39 heavy (non-hydrogen) atoms. The third kappa shape index (κ3) is 5.82. The molecule has 0 radical (unpaired) electrons. The minimum absolute atomic E-state index is 0.122. The zero-order chi connectivity index (χ0) is 27.1. The number of carboxylic acids is 1. The minimum atomic E-state index is -2.07. The van der Waals surface area contributed by atoms with Gasteiger partial charge in [-0.3, -0.25) is 4.79 Å². The van der Waals surface area contributed by atoms with E-state index >= 15 is 0 Å². The number of hydrogen-bond acceptors (Lipinski definition) is 3. The summed E-state index contributed by atoms with van der Waals surface area (Å²) < 4.78 is 0. The molecular formula is C32H29N3O3P+. The number of nitrogens with zero attached hydrogens (tertiary/aromatic N) is 1. The van der Waals surface area contributed by atoms with Gasteiger partial charge in [-0.2, -0.15) is 0 Å². The van der Waals surface area contributed by atoms with Gasteiger partial charge in [-0.25, -0.2) is 9.78 Å². The smallest absolute Gasteiger partial charge is 0.326 e. The third-order valence-electron chi connectivity index (χ3n) is 6.81. The maximum absolute atomic E-state index is 13.0. The molecule has 4 aromatic carbocycles. The lowest BCUT2D eigenvalue weighted by Crippen LogP contribution is -2.42. The van der Waals surface area contributed by atoms with Crippen LogP contribution in [0.4, 0.5) is 0 Å². The zero-order valence-corrected chi connectivity index (χ0v) is 22.2. The number of H-pyrrole nitrogens is 1. The Morgan fingerprint density at radius 3 is 1.72 bits per heavy atom.